The number of nitrogens with two attached hydrogens (primary N) is 1. The van der Waals surface area contributed by atoms with Crippen molar-refractivity contribution in [1.29, 1.82) is 0 Å². The molecule has 0 atom stereocenters. The Morgan fingerprint density at radius 3 is 2.85 bits per heavy atom. The minimum Gasteiger partial charge on any atom is -0.455 e. The number of aromatic nitrogens is 4. The minimum absolute atomic E-state index is 0.0786. The lowest BCUT2D eigenvalue weighted by molar-refractivity contribution is -0.121. The fraction of sp³-hybridized carbons (Fsp3) is 0.0870. The Labute approximate surface area is 198 Å². The molecule has 0 aliphatic carbocycles. The number of amides is 1. The van der Waals surface area contributed by atoms with E-state index in [-0.39, 0.29) is 24.0 Å². The Kier molecular flexibility index (Phi) is 5.56. The van der Waals surface area contributed by atoms with Crippen LogP contribution in [0.25, 0.3) is 33.9 Å². The second kappa shape index (κ2) is 8.83. The highest BCUT2D eigenvalue weighted by atomic mass is 35.5. The molecule has 0 radical (unpaired) electrons. The second-order valence-electron chi connectivity index (χ2n) is 7.47. The number of aryl methyl sites for hydroxylation is 1. The van der Waals surface area contributed by atoms with Gasteiger partial charge in [-0.05, 0) is 53.1 Å². The summed E-state index contributed by atoms with van der Waals surface area (Å²) in [7, 11) is 0. The van der Waals surface area contributed by atoms with Crippen LogP contribution in [-0.2, 0) is 11.3 Å². The SMILES string of the molecule is Cc1ccc(-c2ccc(/C=N\NC(=O)Cn3c(-c4nonc4N)nc4ccccc43)o2)cc1Cl. The first kappa shape index (κ1) is 21.4. The van der Waals surface area contributed by atoms with Gasteiger partial charge in [0.15, 0.2) is 17.3 Å². The molecule has 170 valence electrons. The van der Waals surface area contributed by atoms with Gasteiger partial charge in [-0.1, -0.05) is 35.9 Å². The molecule has 2 aromatic carbocycles. The van der Waals surface area contributed by atoms with Crippen molar-refractivity contribution in [3.8, 4) is 22.8 Å². The van der Waals surface area contributed by atoms with Crippen molar-refractivity contribution in [3.05, 3.63) is 70.9 Å². The number of halogens is 1. The van der Waals surface area contributed by atoms with E-state index in [4.69, 9.17) is 26.4 Å². The molecule has 5 rings (SSSR count). The average Bonchev–Trinajstić information content (AvgIpc) is 3.55. The first-order valence-corrected chi connectivity index (χ1v) is 10.6. The molecule has 1 amide bonds. The molecule has 3 N–H and O–H groups in total. The number of imidazole rings is 1. The third-order valence-electron chi connectivity index (χ3n) is 5.15. The van der Waals surface area contributed by atoms with Gasteiger partial charge < -0.3 is 14.7 Å². The molecular formula is C23H18ClN7O3. The maximum atomic E-state index is 12.6. The summed E-state index contributed by atoms with van der Waals surface area (Å²) in [5, 5.41) is 12.1. The summed E-state index contributed by atoms with van der Waals surface area (Å²) in [4.78, 5) is 17.2. The number of rotatable bonds is 6. The van der Waals surface area contributed by atoms with Crippen molar-refractivity contribution in [2.45, 2.75) is 13.5 Å². The van der Waals surface area contributed by atoms with Crippen molar-refractivity contribution < 1.29 is 13.8 Å². The summed E-state index contributed by atoms with van der Waals surface area (Å²) >= 11 is 6.19. The maximum absolute atomic E-state index is 12.6. The Balaban J connectivity index is 1.31. The number of carbonyl (C=O) groups excluding carboxylic acids is 1. The summed E-state index contributed by atoms with van der Waals surface area (Å²) in [5.41, 5.74) is 11.8. The third kappa shape index (κ3) is 4.14. The number of hydrogen-bond donors (Lipinski definition) is 2. The van der Waals surface area contributed by atoms with Crippen LogP contribution in [0.4, 0.5) is 5.82 Å². The Morgan fingerprint density at radius 2 is 2.06 bits per heavy atom. The highest BCUT2D eigenvalue weighted by Gasteiger charge is 2.20. The number of nitrogens with one attached hydrogen (secondary N) is 1. The molecule has 3 heterocycles. The summed E-state index contributed by atoms with van der Waals surface area (Å²) in [5.74, 6) is 1.18. The predicted octanol–water partition coefficient (Wildman–Crippen LogP) is 4.04. The smallest absolute Gasteiger partial charge is 0.260 e. The average molecular weight is 476 g/mol. The van der Waals surface area contributed by atoms with Gasteiger partial charge in [-0.3, -0.25) is 4.79 Å². The van der Waals surface area contributed by atoms with E-state index in [0.29, 0.717) is 27.9 Å². The van der Waals surface area contributed by atoms with Gasteiger partial charge in [0.25, 0.3) is 5.91 Å². The number of benzene rings is 2. The molecular weight excluding hydrogens is 458 g/mol. The number of nitrogens with zero attached hydrogens (tertiary/aromatic N) is 5. The summed E-state index contributed by atoms with van der Waals surface area (Å²) < 4.78 is 12.1. The van der Waals surface area contributed by atoms with Gasteiger partial charge in [-0.25, -0.2) is 15.0 Å². The molecule has 10 nitrogen and oxygen atoms in total. The third-order valence-corrected chi connectivity index (χ3v) is 5.55. The maximum Gasteiger partial charge on any atom is 0.260 e. The molecule has 0 fully saturated rings. The number of furan rings is 1. The number of para-hydroxylation sites is 2. The van der Waals surface area contributed by atoms with E-state index in [1.807, 2.05) is 55.5 Å². The van der Waals surface area contributed by atoms with Gasteiger partial charge in [0.2, 0.25) is 0 Å². The zero-order valence-corrected chi connectivity index (χ0v) is 18.7. The van der Waals surface area contributed by atoms with Crippen LogP contribution in [0.2, 0.25) is 5.02 Å². The van der Waals surface area contributed by atoms with Crippen LogP contribution in [-0.4, -0.2) is 32.0 Å². The van der Waals surface area contributed by atoms with E-state index in [1.54, 1.807) is 10.6 Å². The molecule has 0 saturated carbocycles. The molecule has 0 aliphatic heterocycles. The Hall–Kier alpha value is -4.44. The number of anilines is 1. The van der Waals surface area contributed by atoms with E-state index in [2.05, 4.69) is 25.8 Å². The van der Waals surface area contributed by atoms with Gasteiger partial charge in [0, 0.05) is 10.6 Å². The molecule has 0 aliphatic rings. The van der Waals surface area contributed by atoms with E-state index in [1.165, 1.54) is 6.21 Å². The minimum atomic E-state index is -0.382. The number of nitrogen functional groups attached to an aromatic ring is 1. The zero-order valence-electron chi connectivity index (χ0n) is 17.9. The largest absolute Gasteiger partial charge is 0.455 e. The predicted molar refractivity (Wildman–Crippen MR) is 127 cm³/mol. The molecule has 11 heteroatoms. The van der Waals surface area contributed by atoms with Crippen molar-refractivity contribution >= 4 is 40.6 Å². The van der Waals surface area contributed by atoms with Gasteiger partial charge in [0.05, 0.1) is 17.2 Å². The normalized spacial score (nSPS) is 11.5. The lowest BCUT2D eigenvalue weighted by Gasteiger charge is -2.06. The molecule has 0 spiro atoms. The molecule has 0 bridgehead atoms. The van der Waals surface area contributed by atoms with E-state index in [0.717, 1.165) is 16.6 Å². The molecule has 5 aromatic rings. The van der Waals surface area contributed by atoms with Crippen LogP contribution in [0.5, 0.6) is 0 Å². The molecule has 0 saturated heterocycles. The number of hydrazone groups is 1. The quantitative estimate of drug-likeness (QED) is 0.279. The summed E-state index contributed by atoms with van der Waals surface area (Å²) in [6.45, 7) is 1.85. The lowest BCUT2D eigenvalue weighted by atomic mass is 10.1. The Bertz CT molecular complexity index is 1530. The fourth-order valence-electron chi connectivity index (χ4n) is 3.44. The highest BCUT2D eigenvalue weighted by molar-refractivity contribution is 6.31. The lowest BCUT2D eigenvalue weighted by Crippen LogP contribution is -2.23. The highest BCUT2D eigenvalue weighted by Crippen LogP contribution is 2.27. The van der Waals surface area contributed by atoms with E-state index < -0.39 is 0 Å². The van der Waals surface area contributed by atoms with Crippen molar-refractivity contribution in [2.75, 3.05) is 5.73 Å². The van der Waals surface area contributed by atoms with Crippen LogP contribution in [0.1, 0.15) is 11.3 Å². The molecule has 34 heavy (non-hydrogen) atoms. The van der Waals surface area contributed by atoms with Crippen molar-refractivity contribution in [3.63, 3.8) is 0 Å². The van der Waals surface area contributed by atoms with Crippen LogP contribution in [0.3, 0.4) is 0 Å². The first-order valence-electron chi connectivity index (χ1n) is 10.2. The molecule has 3 aromatic heterocycles. The van der Waals surface area contributed by atoms with Crippen molar-refractivity contribution in [2.24, 2.45) is 5.10 Å². The van der Waals surface area contributed by atoms with Crippen LogP contribution < -0.4 is 11.2 Å². The fourth-order valence-corrected chi connectivity index (χ4v) is 3.62. The van der Waals surface area contributed by atoms with Gasteiger partial charge in [-0.15, -0.1) is 0 Å². The topological polar surface area (TPSA) is 137 Å². The van der Waals surface area contributed by atoms with Gasteiger partial charge in [-0.2, -0.15) is 5.10 Å². The van der Waals surface area contributed by atoms with Gasteiger partial charge >= 0.3 is 0 Å². The van der Waals surface area contributed by atoms with Crippen LogP contribution >= 0.6 is 11.6 Å². The number of carbonyl (C=O) groups is 1. The monoisotopic (exact) mass is 475 g/mol. The summed E-state index contributed by atoms with van der Waals surface area (Å²) in [6.07, 6.45) is 1.42. The Morgan fingerprint density at radius 1 is 1.21 bits per heavy atom. The standard InChI is InChI=1S/C23H18ClN7O3/c1-13-6-7-14(10-16(13)24)19-9-8-15(33-19)11-26-28-20(32)12-31-18-5-3-2-4-17(18)27-23(31)21-22(25)30-34-29-21/h2-11H,12H2,1H3,(H2,25,30)(H,28,32)/b26-11-. The first-order chi connectivity index (χ1) is 16.5. The number of fused-ring (bicyclic) bond motifs is 1. The van der Waals surface area contributed by atoms with E-state index >= 15 is 0 Å². The van der Waals surface area contributed by atoms with Crippen molar-refractivity contribution in [1.82, 2.24) is 25.3 Å². The number of hydrogen-bond acceptors (Lipinski definition) is 8. The van der Waals surface area contributed by atoms with Gasteiger partial charge in [0.1, 0.15) is 18.1 Å². The second-order valence-corrected chi connectivity index (χ2v) is 7.87. The van der Waals surface area contributed by atoms with E-state index in [9.17, 15) is 4.79 Å². The van der Waals surface area contributed by atoms with Crippen LogP contribution in [0, 0.1) is 6.92 Å². The summed E-state index contributed by atoms with van der Waals surface area (Å²) in [6, 6.07) is 16.6. The zero-order chi connectivity index (χ0) is 23.7. The molecule has 0 unspecified atom stereocenters. The van der Waals surface area contributed by atoms with Crippen LogP contribution in [0.15, 0.2) is 68.7 Å².